The first-order chi connectivity index (χ1) is 11.2. The Balaban J connectivity index is 1.86. The predicted octanol–water partition coefficient (Wildman–Crippen LogP) is 3.29. The summed E-state index contributed by atoms with van der Waals surface area (Å²) in [6.45, 7) is 3.04. The van der Waals surface area contributed by atoms with Crippen molar-refractivity contribution in [3.05, 3.63) is 48.3 Å². The van der Waals surface area contributed by atoms with E-state index in [0.29, 0.717) is 18.8 Å². The molecule has 118 valence electrons. The fourth-order valence-corrected chi connectivity index (χ4v) is 4.34. The molecule has 0 unspecified atom stereocenters. The number of rotatable bonds is 2. The maximum atomic E-state index is 14.7. The Bertz CT molecular complexity index is 768. The van der Waals surface area contributed by atoms with Crippen LogP contribution in [0.5, 0.6) is 0 Å². The first-order valence-corrected chi connectivity index (χ1v) is 8.50. The summed E-state index contributed by atoms with van der Waals surface area (Å²) in [4.78, 5) is 12.9. The standard InChI is InChI=1S/C17H16FN3OS/c1-11-21-17(9-22-7-14(17)8-23-11)15-4-12(2-3-16(15)18)13-5-19-10-20-6-13/h2-6,10,14H,7-9H2,1H3/t14-,17-/m1/s1. The summed E-state index contributed by atoms with van der Waals surface area (Å²) in [5, 5.41) is 0.986. The van der Waals surface area contributed by atoms with E-state index in [1.165, 1.54) is 12.4 Å². The van der Waals surface area contributed by atoms with E-state index < -0.39 is 5.54 Å². The summed E-state index contributed by atoms with van der Waals surface area (Å²) in [7, 11) is 0. The van der Waals surface area contributed by atoms with Gasteiger partial charge in [-0.3, -0.25) is 4.99 Å². The zero-order valence-electron chi connectivity index (χ0n) is 12.7. The molecule has 3 heterocycles. The van der Waals surface area contributed by atoms with Crippen LogP contribution in [0.1, 0.15) is 12.5 Å². The van der Waals surface area contributed by atoms with Gasteiger partial charge in [0, 0.05) is 35.2 Å². The molecule has 6 heteroatoms. The van der Waals surface area contributed by atoms with Crippen LogP contribution in [0.15, 0.2) is 41.9 Å². The number of aromatic nitrogens is 2. The molecule has 2 aliphatic rings. The van der Waals surface area contributed by atoms with Crippen LogP contribution in [0.4, 0.5) is 4.39 Å². The Labute approximate surface area is 138 Å². The maximum Gasteiger partial charge on any atom is 0.128 e. The number of thioether (sulfide) groups is 1. The van der Waals surface area contributed by atoms with E-state index in [-0.39, 0.29) is 11.7 Å². The largest absolute Gasteiger partial charge is 0.378 e. The number of hydrogen-bond donors (Lipinski definition) is 0. The van der Waals surface area contributed by atoms with Crippen LogP contribution < -0.4 is 0 Å². The molecule has 0 radical (unpaired) electrons. The van der Waals surface area contributed by atoms with E-state index in [9.17, 15) is 4.39 Å². The third-order valence-electron chi connectivity index (χ3n) is 4.49. The highest BCUT2D eigenvalue weighted by atomic mass is 32.2. The van der Waals surface area contributed by atoms with Crippen molar-refractivity contribution in [1.29, 1.82) is 0 Å². The zero-order chi connectivity index (χ0) is 15.9. The van der Waals surface area contributed by atoms with E-state index in [4.69, 9.17) is 9.73 Å². The van der Waals surface area contributed by atoms with Gasteiger partial charge in [-0.05, 0) is 24.6 Å². The third-order valence-corrected chi connectivity index (χ3v) is 5.57. The summed E-state index contributed by atoms with van der Waals surface area (Å²) >= 11 is 1.72. The second kappa shape index (κ2) is 5.69. The molecule has 0 aliphatic carbocycles. The van der Waals surface area contributed by atoms with E-state index in [1.54, 1.807) is 30.2 Å². The van der Waals surface area contributed by atoms with Crippen LogP contribution in [0.25, 0.3) is 11.1 Å². The molecule has 2 aromatic rings. The molecule has 1 fully saturated rings. The van der Waals surface area contributed by atoms with Crippen molar-refractivity contribution in [2.75, 3.05) is 19.0 Å². The van der Waals surface area contributed by atoms with Crippen molar-refractivity contribution in [3.8, 4) is 11.1 Å². The lowest BCUT2D eigenvalue weighted by Gasteiger charge is -2.34. The molecule has 4 nitrogen and oxygen atoms in total. The fourth-order valence-electron chi connectivity index (χ4n) is 3.30. The van der Waals surface area contributed by atoms with Crippen LogP contribution in [0.2, 0.25) is 0 Å². The van der Waals surface area contributed by atoms with Gasteiger partial charge in [0.15, 0.2) is 0 Å². The third kappa shape index (κ3) is 2.46. The molecule has 0 bridgehead atoms. The molecule has 1 saturated heterocycles. The number of ether oxygens (including phenoxy) is 1. The molecule has 4 rings (SSSR count). The van der Waals surface area contributed by atoms with Gasteiger partial charge in [0.2, 0.25) is 0 Å². The van der Waals surface area contributed by atoms with Gasteiger partial charge in [-0.15, -0.1) is 11.8 Å². The van der Waals surface area contributed by atoms with Gasteiger partial charge in [-0.2, -0.15) is 0 Å². The van der Waals surface area contributed by atoms with E-state index in [0.717, 1.165) is 21.9 Å². The highest BCUT2D eigenvalue weighted by Crippen LogP contribution is 2.46. The quantitative estimate of drug-likeness (QED) is 0.848. The van der Waals surface area contributed by atoms with Crippen LogP contribution in [-0.2, 0) is 10.3 Å². The molecule has 2 aliphatic heterocycles. The van der Waals surface area contributed by atoms with Crippen molar-refractivity contribution in [2.24, 2.45) is 10.9 Å². The SMILES string of the molecule is CC1=N[C@]2(c3cc(-c4cncnc4)ccc3F)COC[C@@H]2CS1. The maximum absolute atomic E-state index is 14.7. The minimum atomic E-state index is -0.606. The van der Waals surface area contributed by atoms with E-state index >= 15 is 0 Å². The Morgan fingerprint density at radius 1 is 1.26 bits per heavy atom. The first-order valence-electron chi connectivity index (χ1n) is 7.51. The lowest BCUT2D eigenvalue weighted by Crippen LogP contribution is -2.38. The molecular formula is C17H16FN3OS. The van der Waals surface area contributed by atoms with Gasteiger partial charge in [0.25, 0.3) is 0 Å². The number of nitrogens with zero attached hydrogens (tertiary/aromatic N) is 3. The Hall–Kier alpha value is -1.79. The summed E-state index contributed by atoms with van der Waals surface area (Å²) in [6.07, 6.45) is 4.95. The smallest absolute Gasteiger partial charge is 0.128 e. The molecule has 1 aromatic heterocycles. The molecule has 2 atom stereocenters. The Morgan fingerprint density at radius 3 is 2.91 bits per heavy atom. The van der Waals surface area contributed by atoms with Crippen LogP contribution >= 0.6 is 11.8 Å². The Kier molecular flexibility index (Phi) is 3.66. The fraction of sp³-hybridized carbons (Fsp3) is 0.353. The molecule has 0 spiro atoms. The van der Waals surface area contributed by atoms with Crippen LogP contribution in [0, 0.1) is 11.7 Å². The second-order valence-electron chi connectivity index (χ2n) is 5.90. The monoisotopic (exact) mass is 329 g/mol. The van der Waals surface area contributed by atoms with Gasteiger partial charge in [-0.25, -0.2) is 14.4 Å². The lowest BCUT2D eigenvalue weighted by atomic mass is 9.80. The van der Waals surface area contributed by atoms with Crippen molar-refractivity contribution in [3.63, 3.8) is 0 Å². The molecule has 0 N–H and O–H groups in total. The van der Waals surface area contributed by atoms with Gasteiger partial charge >= 0.3 is 0 Å². The number of fused-ring (bicyclic) bond motifs is 1. The molecule has 1 aromatic carbocycles. The first kappa shape index (κ1) is 14.8. The zero-order valence-corrected chi connectivity index (χ0v) is 13.5. The molecule has 0 amide bonds. The summed E-state index contributed by atoms with van der Waals surface area (Å²) in [5.74, 6) is 0.880. The van der Waals surface area contributed by atoms with Crippen molar-refractivity contribution in [1.82, 2.24) is 9.97 Å². The van der Waals surface area contributed by atoms with Gasteiger partial charge < -0.3 is 4.74 Å². The average Bonchev–Trinajstić information content (AvgIpc) is 3.00. The topological polar surface area (TPSA) is 47.4 Å². The van der Waals surface area contributed by atoms with Gasteiger partial charge in [0.05, 0.1) is 18.3 Å². The summed E-state index contributed by atoms with van der Waals surface area (Å²) in [5.41, 5.74) is 1.77. The molecular weight excluding hydrogens is 313 g/mol. The van der Waals surface area contributed by atoms with E-state index in [1.807, 2.05) is 13.0 Å². The van der Waals surface area contributed by atoms with Gasteiger partial charge in [0.1, 0.15) is 17.7 Å². The number of halogens is 1. The minimum absolute atomic E-state index is 0.202. The predicted molar refractivity (Wildman–Crippen MR) is 89.0 cm³/mol. The summed E-state index contributed by atoms with van der Waals surface area (Å²) < 4.78 is 20.4. The van der Waals surface area contributed by atoms with Crippen molar-refractivity contribution >= 4 is 16.8 Å². The average molecular weight is 329 g/mol. The Morgan fingerprint density at radius 2 is 2.09 bits per heavy atom. The van der Waals surface area contributed by atoms with E-state index in [2.05, 4.69) is 9.97 Å². The van der Waals surface area contributed by atoms with Crippen molar-refractivity contribution in [2.45, 2.75) is 12.5 Å². The number of benzene rings is 1. The lowest BCUT2D eigenvalue weighted by molar-refractivity contribution is 0.176. The second-order valence-corrected chi connectivity index (χ2v) is 7.11. The molecule has 23 heavy (non-hydrogen) atoms. The van der Waals surface area contributed by atoms with Crippen molar-refractivity contribution < 1.29 is 9.13 Å². The highest BCUT2D eigenvalue weighted by molar-refractivity contribution is 8.13. The van der Waals surface area contributed by atoms with Crippen LogP contribution in [0.3, 0.4) is 0 Å². The van der Waals surface area contributed by atoms with Crippen LogP contribution in [-0.4, -0.2) is 34.0 Å². The normalized spacial score (nSPS) is 26.7. The highest BCUT2D eigenvalue weighted by Gasteiger charge is 2.49. The molecule has 0 saturated carbocycles. The minimum Gasteiger partial charge on any atom is -0.378 e. The summed E-state index contributed by atoms with van der Waals surface area (Å²) in [6, 6.07) is 5.14. The number of hydrogen-bond acceptors (Lipinski definition) is 5. The van der Waals surface area contributed by atoms with Gasteiger partial charge in [-0.1, -0.05) is 6.07 Å². The number of aliphatic imine (C=N–C) groups is 1.